The maximum atomic E-state index is 12.8. The predicted octanol–water partition coefficient (Wildman–Crippen LogP) is 11.2. The number of hydrazine groups is 2. The van der Waals surface area contributed by atoms with Crippen LogP contribution in [-0.2, 0) is 19.9 Å². The number of thioether (sulfide) groups is 3. The molecule has 0 aromatic heterocycles. The molecule has 0 unspecified atom stereocenters. The summed E-state index contributed by atoms with van der Waals surface area (Å²) >= 11 is 5.08. The molecule has 84 heavy (non-hydrogen) atoms. The van der Waals surface area contributed by atoms with Crippen LogP contribution in [0.1, 0.15) is 56.7 Å². The van der Waals surface area contributed by atoms with Gasteiger partial charge in [0.2, 0.25) is 11.8 Å². The number of nitro benzene ring substituents is 3. The van der Waals surface area contributed by atoms with Crippen molar-refractivity contribution in [1.82, 2.24) is 21.7 Å². The third kappa shape index (κ3) is 25.7. The monoisotopic (exact) mass is 1210 g/mol. The Morgan fingerprint density at radius 1 is 0.476 bits per heavy atom. The Balaban J connectivity index is 0.000000399. The summed E-state index contributed by atoms with van der Waals surface area (Å²) in [6.07, 6.45) is 6.38. The summed E-state index contributed by atoms with van der Waals surface area (Å²) in [5.41, 5.74) is 17.5. The SMILES string of the molecule is CN.CSCC[C@H](C)C(=O)NNC(=O)Oc1ccc([N+](=O)[O-])cc1.CSCC[C@H](C)C(=O)NNC(c1ccccc1)(c1ccccc1)c1ccccc1.CSCC[C@H](C)C(=O)O.O=C(Oc1ccc([N+](=O)[O-])cc1)Oc1ccc([N+](=O)[O-])cc1. The number of nitrogens with one attached hydrogen (secondary N) is 4. The van der Waals surface area contributed by atoms with Crippen LogP contribution in [0.15, 0.2) is 164 Å². The van der Waals surface area contributed by atoms with Gasteiger partial charge in [-0.1, -0.05) is 112 Å². The lowest BCUT2D eigenvalue weighted by Crippen LogP contribution is -2.54. The number of hydrogen-bond acceptors (Lipinski definition) is 19. The highest BCUT2D eigenvalue weighted by Crippen LogP contribution is 2.36. The highest BCUT2D eigenvalue weighted by molar-refractivity contribution is 7.98. The van der Waals surface area contributed by atoms with E-state index < -0.39 is 38.5 Å². The van der Waals surface area contributed by atoms with Gasteiger partial charge in [-0.25, -0.2) is 20.4 Å². The standard InChI is InChI=1S/C25H28N2OS.C13H17N3O5S.C13H8N2O7.C6H12O2S.CH5N/c1-20(18-19-29-2)24(28)26-27-25(21-12-6-3-7-13-21,22-14-8-4-9-15-22)23-16-10-5-11-17-23;1-9(7-8-22-2)12(17)14-15-13(18)21-11-5-3-10(4-6-11)16(19)20;16-13(21-11-5-1-9(2-6-11)14(17)18)22-12-7-3-10(4-8-12)15(19)20;1-5(6(7)8)3-4-9-2;1-2/h3-17,20,27H,18-19H2,1-2H3,(H,26,28);3-6,9H,7-8H2,1-2H3,(H,14,17)(H,15,18);1-8H;5H,3-4H2,1-2H3,(H,7,8);2H2,1H3/t20-;9-;;5-;/m00.0./s1. The van der Waals surface area contributed by atoms with Crippen LogP contribution in [0.2, 0.25) is 0 Å². The number of aliphatic carboxylic acids is 1. The number of hydrogen-bond donors (Lipinski definition) is 6. The van der Waals surface area contributed by atoms with E-state index in [4.69, 9.17) is 19.3 Å². The second kappa shape index (κ2) is 39.8. The lowest BCUT2D eigenvalue weighted by Gasteiger charge is -2.37. The van der Waals surface area contributed by atoms with Crippen LogP contribution in [0.25, 0.3) is 0 Å². The van der Waals surface area contributed by atoms with Crippen molar-refractivity contribution in [3.63, 3.8) is 0 Å². The maximum absolute atomic E-state index is 12.8. The van der Waals surface area contributed by atoms with Gasteiger partial charge in [0.15, 0.2) is 0 Å². The highest BCUT2D eigenvalue weighted by atomic mass is 32.2. The summed E-state index contributed by atoms with van der Waals surface area (Å²) in [6.45, 7) is 5.47. The Hall–Kier alpha value is -8.56. The third-order valence-corrected chi connectivity index (χ3v) is 13.6. The van der Waals surface area contributed by atoms with Crippen LogP contribution in [0.5, 0.6) is 17.2 Å². The topological polar surface area (TPSA) is 337 Å². The van der Waals surface area contributed by atoms with E-state index in [1.54, 1.807) is 49.1 Å². The van der Waals surface area contributed by atoms with E-state index >= 15 is 0 Å². The Morgan fingerprint density at radius 2 is 0.774 bits per heavy atom. The van der Waals surface area contributed by atoms with Crippen LogP contribution in [0, 0.1) is 48.1 Å². The lowest BCUT2D eigenvalue weighted by molar-refractivity contribution is -0.385. The van der Waals surface area contributed by atoms with Crippen molar-refractivity contribution in [2.45, 2.75) is 45.6 Å². The molecule has 0 saturated heterocycles. The minimum Gasteiger partial charge on any atom is -0.481 e. The fourth-order valence-corrected chi connectivity index (χ4v) is 8.59. The van der Waals surface area contributed by atoms with E-state index in [1.807, 2.05) is 74.0 Å². The van der Waals surface area contributed by atoms with Gasteiger partial charge in [-0.2, -0.15) is 35.3 Å². The van der Waals surface area contributed by atoms with Crippen LogP contribution in [0.3, 0.4) is 0 Å². The molecule has 450 valence electrons. The first-order valence-electron chi connectivity index (χ1n) is 25.7. The van der Waals surface area contributed by atoms with Crippen molar-refractivity contribution in [3.05, 3.63) is 211 Å². The maximum Gasteiger partial charge on any atom is 0.519 e. The molecule has 6 rings (SSSR count). The fourth-order valence-electron chi connectivity index (χ4n) is 6.82. The Bertz CT molecular complexity index is 2800. The number of carboxylic acids is 1. The molecule has 0 aliphatic rings. The van der Waals surface area contributed by atoms with Crippen molar-refractivity contribution in [2.75, 3.05) is 43.1 Å². The largest absolute Gasteiger partial charge is 0.519 e. The normalized spacial score (nSPS) is 11.3. The molecule has 7 N–H and O–H groups in total. The molecule has 0 aliphatic heterocycles. The van der Waals surface area contributed by atoms with Gasteiger partial charge in [-0.3, -0.25) is 55.6 Å². The van der Waals surface area contributed by atoms with E-state index in [0.29, 0.717) is 6.42 Å². The minimum atomic E-state index is -1.07. The van der Waals surface area contributed by atoms with Gasteiger partial charge in [0, 0.05) is 48.2 Å². The quantitative estimate of drug-likeness (QED) is 0.0114. The number of ether oxygens (including phenoxy) is 3. The molecular weight excluding hydrogens is 1140 g/mol. The summed E-state index contributed by atoms with van der Waals surface area (Å²) in [6, 6.07) is 45.4. The zero-order valence-electron chi connectivity index (χ0n) is 47.4. The van der Waals surface area contributed by atoms with Crippen molar-refractivity contribution in [2.24, 2.45) is 23.5 Å². The second-order valence-electron chi connectivity index (χ2n) is 17.6. The van der Waals surface area contributed by atoms with Crippen molar-refractivity contribution in [3.8, 4) is 17.2 Å². The zero-order valence-corrected chi connectivity index (χ0v) is 49.8. The fraction of sp³-hybridized carbons (Fsp3) is 0.293. The molecule has 0 fully saturated rings. The molecule has 0 saturated carbocycles. The summed E-state index contributed by atoms with van der Waals surface area (Å²) in [4.78, 5) is 87.4. The van der Waals surface area contributed by atoms with Gasteiger partial charge in [-0.15, -0.1) is 0 Å². The van der Waals surface area contributed by atoms with Crippen LogP contribution >= 0.6 is 35.3 Å². The number of amides is 3. The van der Waals surface area contributed by atoms with Crippen molar-refractivity contribution in [1.29, 1.82) is 0 Å². The average molecular weight is 1220 g/mol. The number of nitro groups is 3. The van der Waals surface area contributed by atoms with Gasteiger partial charge in [0.25, 0.3) is 17.1 Å². The summed E-state index contributed by atoms with van der Waals surface area (Å²) < 4.78 is 14.5. The molecule has 3 amide bonds. The molecule has 26 heteroatoms. The number of rotatable bonds is 23. The Morgan fingerprint density at radius 3 is 1.07 bits per heavy atom. The molecular formula is C58H70N8O15S3. The lowest BCUT2D eigenvalue weighted by atomic mass is 9.77. The number of nitrogens with zero attached hydrogens (tertiary/aromatic N) is 3. The molecule has 0 spiro atoms. The molecule has 0 aliphatic carbocycles. The predicted molar refractivity (Wildman–Crippen MR) is 328 cm³/mol. The summed E-state index contributed by atoms with van der Waals surface area (Å²) in [7, 11) is 1.50. The first-order valence-corrected chi connectivity index (χ1v) is 29.9. The van der Waals surface area contributed by atoms with E-state index in [-0.39, 0.29) is 63.9 Å². The summed E-state index contributed by atoms with van der Waals surface area (Å²) in [5.74, 6) is 1.55. The number of carboxylic acid groups (broad SMARTS) is 1. The highest BCUT2D eigenvalue weighted by Gasteiger charge is 2.37. The molecule has 3 atom stereocenters. The van der Waals surface area contributed by atoms with Crippen molar-refractivity contribution < 1.29 is 58.1 Å². The van der Waals surface area contributed by atoms with Gasteiger partial charge < -0.3 is 25.1 Å². The number of nitrogens with two attached hydrogens (primary N) is 1. The third-order valence-electron chi connectivity index (χ3n) is 11.6. The smallest absolute Gasteiger partial charge is 0.481 e. The molecule has 6 aromatic carbocycles. The van der Waals surface area contributed by atoms with Gasteiger partial charge >= 0.3 is 18.2 Å². The van der Waals surface area contributed by atoms with E-state index in [2.05, 4.69) is 70.1 Å². The van der Waals surface area contributed by atoms with Gasteiger partial charge in [-0.05, 0) is 115 Å². The minimum absolute atomic E-state index is 0.00576. The van der Waals surface area contributed by atoms with E-state index in [1.165, 1.54) is 79.8 Å². The van der Waals surface area contributed by atoms with Crippen LogP contribution < -0.4 is 41.6 Å². The van der Waals surface area contributed by atoms with E-state index in [0.717, 1.165) is 46.8 Å². The van der Waals surface area contributed by atoms with Crippen LogP contribution in [-0.4, -0.2) is 93.0 Å². The van der Waals surface area contributed by atoms with Crippen LogP contribution in [0.4, 0.5) is 26.7 Å². The second-order valence-corrected chi connectivity index (χ2v) is 20.5. The van der Waals surface area contributed by atoms with Gasteiger partial charge in [0.05, 0.1) is 20.7 Å². The average Bonchev–Trinajstić information content (AvgIpc) is 1.42. The molecule has 0 radical (unpaired) electrons. The zero-order chi connectivity index (χ0) is 62.5. The first-order chi connectivity index (χ1) is 40.2. The summed E-state index contributed by atoms with van der Waals surface area (Å²) in [5, 5.41) is 39.8. The molecule has 23 nitrogen and oxygen atoms in total. The molecule has 0 heterocycles. The molecule has 0 bridgehead atoms. The van der Waals surface area contributed by atoms with Crippen molar-refractivity contribution >= 4 is 82.4 Å². The molecule has 6 aromatic rings. The Kier molecular flexibility index (Phi) is 33.9. The number of carbonyl (C=O) groups excluding carboxylic acids is 4. The van der Waals surface area contributed by atoms with Gasteiger partial charge in [0.1, 0.15) is 22.8 Å². The Labute approximate surface area is 500 Å². The van der Waals surface area contributed by atoms with E-state index in [9.17, 15) is 54.3 Å². The first kappa shape index (κ1) is 71.5. The number of non-ortho nitro benzene ring substituents is 3. The number of benzene rings is 6. The number of carbonyl (C=O) groups is 5.